The van der Waals surface area contributed by atoms with Gasteiger partial charge in [0.1, 0.15) is 0 Å². The van der Waals surface area contributed by atoms with Crippen molar-refractivity contribution in [3.05, 3.63) is 0 Å². The van der Waals surface area contributed by atoms with Crippen LogP contribution in [-0.4, -0.2) is 11.9 Å². The first kappa shape index (κ1) is 11.9. The number of rotatable bonds is 5. The molecule has 0 aromatic heterocycles. The predicted octanol–water partition coefficient (Wildman–Crippen LogP) is 2.97. The molecule has 2 aliphatic rings. The molecule has 2 aliphatic carbocycles. The smallest absolute Gasteiger partial charge is 0.223 e. The number of hydrogen-bond acceptors (Lipinski definition) is 1. The maximum absolute atomic E-state index is 12.0. The summed E-state index contributed by atoms with van der Waals surface area (Å²) in [5.41, 5.74) is 0. The minimum absolute atomic E-state index is 0.326. The molecule has 2 saturated carbocycles. The van der Waals surface area contributed by atoms with Crippen LogP contribution in [0.5, 0.6) is 0 Å². The second-order valence-electron chi connectivity index (χ2n) is 5.80. The summed E-state index contributed by atoms with van der Waals surface area (Å²) in [5, 5.41) is 3.23. The van der Waals surface area contributed by atoms with Crippen LogP contribution in [0.4, 0.5) is 0 Å². The molecule has 3 atom stereocenters. The Morgan fingerprint density at radius 1 is 1.19 bits per heavy atom. The lowest BCUT2D eigenvalue weighted by atomic mass is 9.94. The van der Waals surface area contributed by atoms with Crippen molar-refractivity contribution in [1.82, 2.24) is 5.32 Å². The summed E-state index contributed by atoms with van der Waals surface area (Å²) >= 11 is 0. The van der Waals surface area contributed by atoms with Crippen molar-refractivity contribution in [3.8, 4) is 0 Å². The van der Waals surface area contributed by atoms with Crippen LogP contribution in [0.2, 0.25) is 0 Å². The summed E-state index contributed by atoms with van der Waals surface area (Å²) in [4.78, 5) is 12.0. The summed E-state index contributed by atoms with van der Waals surface area (Å²) < 4.78 is 0. The Bertz CT molecular complexity index is 249. The molecule has 2 heteroatoms. The zero-order valence-electron chi connectivity index (χ0n) is 10.8. The van der Waals surface area contributed by atoms with Gasteiger partial charge in [-0.3, -0.25) is 4.79 Å². The number of amides is 1. The van der Waals surface area contributed by atoms with E-state index in [1.807, 2.05) is 0 Å². The molecule has 2 rings (SSSR count). The predicted molar refractivity (Wildman–Crippen MR) is 66.0 cm³/mol. The molecule has 0 saturated heterocycles. The Morgan fingerprint density at radius 3 is 2.25 bits per heavy atom. The van der Waals surface area contributed by atoms with Crippen molar-refractivity contribution < 1.29 is 4.79 Å². The Balaban J connectivity index is 1.77. The van der Waals surface area contributed by atoms with Crippen LogP contribution in [-0.2, 0) is 4.79 Å². The lowest BCUT2D eigenvalue weighted by Gasteiger charge is -2.24. The first-order valence-electron chi connectivity index (χ1n) is 6.96. The highest BCUT2D eigenvalue weighted by molar-refractivity contribution is 5.79. The van der Waals surface area contributed by atoms with Crippen molar-refractivity contribution >= 4 is 5.91 Å². The van der Waals surface area contributed by atoms with Gasteiger partial charge in [0.15, 0.2) is 0 Å². The Kier molecular flexibility index (Phi) is 3.56. The van der Waals surface area contributed by atoms with Gasteiger partial charge in [0.2, 0.25) is 5.91 Å². The summed E-state index contributed by atoms with van der Waals surface area (Å²) in [5.74, 6) is 3.10. The van der Waals surface area contributed by atoms with E-state index in [0.29, 0.717) is 23.8 Å². The van der Waals surface area contributed by atoms with Gasteiger partial charge in [-0.15, -0.1) is 0 Å². The van der Waals surface area contributed by atoms with E-state index in [1.54, 1.807) is 0 Å². The number of carbonyl (C=O) groups excluding carboxylic acids is 1. The zero-order chi connectivity index (χ0) is 11.7. The fraction of sp³-hybridized carbons (Fsp3) is 0.929. The normalized spacial score (nSPS) is 33.6. The lowest BCUT2D eigenvalue weighted by Crippen LogP contribution is -2.40. The summed E-state index contributed by atoms with van der Waals surface area (Å²) in [6.45, 7) is 6.58. The van der Waals surface area contributed by atoms with E-state index >= 15 is 0 Å². The minimum atomic E-state index is 0.326. The second kappa shape index (κ2) is 4.77. The average Bonchev–Trinajstić information content (AvgIpc) is 2.87. The average molecular weight is 223 g/mol. The summed E-state index contributed by atoms with van der Waals surface area (Å²) in [7, 11) is 0. The molecule has 0 aromatic rings. The standard InChI is InChI=1S/C14H25NO/c1-4-10(5-2)9(3)15-14(16)13-7-11-6-12(11)8-13/h9-13H,4-8H2,1-3H3,(H,15,16). The van der Waals surface area contributed by atoms with Crippen LogP contribution in [0.25, 0.3) is 0 Å². The fourth-order valence-electron chi connectivity index (χ4n) is 3.38. The third-order valence-electron chi connectivity index (χ3n) is 4.74. The maximum atomic E-state index is 12.0. The molecule has 1 N–H and O–H groups in total. The zero-order valence-corrected chi connectivity index (χ0v) is 10.8. The van der Waals surface area contributed by atoms with Crippen LogP contribution >= 0.6 is 0 Å². The molecule has 0 aromatic carbocycles. The van der Waals surface area contributed by atoms with E-state index in [-0.39, 0.29) is 0 Å². The van der Waals surface area contributed by atoms with Crippen molar-refractivity contribution in [2.45, 2.75) is 58.9 Å². The summed E-state index contributed by atoms with van der Waals surface area (Å²) in [6.07, 6.45) is 6.03. The van der Waals surface area contributed by atoms with Crippen molar-refractivity contribution in [3.63, 3.8) is 0 Å². The Labute approximate surface area is 99.2 Å². The van der Waals surface area contributed by atoms with E-state index in [9.17, 15) is 4.79 Å². The van der Waals surface area contributed by atoms with E-state index < -0.39 is 0 Å². The van der Waals surface area contributed by atoms with Gasteiger partial charge in [-0.05, 0) is 43.9 Å². The highest BCUT2D eigenvalue weighted by Crippen LogP contribution is 2.54. The van der Waals surface area contributed by atoms with Crippen molar-refractivity contribution in [2.75, 3.05) is 0 Å². The van der Waals surface area contributed by atoms with Gasteiger partial charge >= 0.3 is 0 Å². The van der Waals surface area contributed by atoms with Gasteiger partial charge in [-0.25, -0.2) is 0 Å². The molecule has 0 aliphatic heterocycles. The van der Waals surface area contributed by atoms with E-state index in [4.69, 9.17) is 0 Å². The molecule has 0 spiro atoms. The Morgan fingerprint density at radius 2 is 1.75 bits per heavy atom. The topological polar surface area (TPSA) is 29.1 Å². The number of nitrogens with one attached hydrogen (secondary N) is 1. The molecule has 2 nitrogen and oxygen atoms in total. The molecule has 0 bridgehead atoms. The van der Waals surface area contributed by atoms with E-state index in [1.165, 1.54) is 6.42 Å². The molecule has 16 heavy (non-hydrogen) atoms. The molecule has 0 heterocycles. The van der Waals surface area contributed by atoms with Crippen LogP contribution in [0.1, 0.15) is 52.9 Å². The van der Waals surface area contributed by atoms with Gasteiger partial charge in [0.25, 0.3) is 0 Å². The molecule has 3 unspecified atom stereocenters. The monoisotopic (exact) mass is 223 g/mol. The fourth-order valence-corrected chi connectivity index (χ4v) is 3.38. The van der Waals surface area contributed by atoms with Crippen LogP contribution in [0, 0.1) is 23.7 Å². The SMILES string of the molecule is CCC(CC)C(C)NC(=O)C1CC2CC2C1. The van der Waals surface area contributed by atoms with Crippen LogP contribution in [0.15, 0.2) is 0 Å². The van der Waals surface area contributed by atoms with Crippen LogP contribution in [0.3, 0.4) is 0 Å². The van der Waals surface area contributed by atoms with Gasteiger partial charge in [0.05, 0.1) is 0 Å². The minimum Gasteiger partial charge on any atom is -0.353 e. The largest absolute Gasteiger partial charge is 0.353 e. The third-order valence-corrected chi connectivity index (χ3v) is 4.74. The second-order valence-corrected chi connectivity index (χ2v) is 5.80. The molecule has 0 radical (unpaired) electrons. The van der Waals surface area contributed by atoms with Crippen molar-refractivity contribution in [2.24, 2.45) is 23.7 Å². The van der Waals surface area contributed by atoms with Gasteiger partial charge < -0.3 is 5.32 Å². The van der Waals surface area contributed by atoms with E-state index in [0.717, 1.165) is 37.5 Å². The van der Waals surface area contributed by atoms with Gasteiger partial charge in [0, 0.05) is 12.0 Å². The Hall–Kier alpha value is -0.530. The van der Waals surface area contributed by atoms with Gasteiger partial charge in [-0.2, -0.15) is 0 Å². The highest BCUT2D eigenvalue weighted by atomic mass is 16.1. The first-order chi connectivity index (χ1) is 7.65. The third kappa shape index (κ3) is 2.41. The molecule has 2 fully saturated rings. The lowest BCUT2D eigenvalue weighted by molar-refractivity contribution is -0.126. The highest BCUT2D eigenvalue weighted by Gasteiger charge is 2.48. The number of fused-ring (bicyclic) bond motifs is 1. The molecular formula is C14H25NO. The van der Waals surface area contributed by atoms with Crippen LogP contribution < -0.4 is 5.32 Å². The van der Waals surface area contributed by atoms with Gasteiger partial charge in [-0.1, -0.05) is 26.7 Å². The molecule has 92 valence electrons. The summed E-state index contributed by atoms with van der Waals surface area (Å²) in [6, 6.07) is 0.347. The molecule has 1 amide bonds. The molecular weight excluding hydrogens is 198 g/mol. The first-order valence-corrected chi connectivity index (χ1v) is 6.96. The maximum Gasteiger partial charge on any atom is 0.223 e. The quantitative estimate of drug-likeness (QED) is 0.762. The number of hydrogen-bond donors (Lipinski definition) is 1. The van der Waals surface area contributed by atoms with E-state index in [2.05, 4.69) is 26.1 Å². The number of carbonyl (C=O) groups is 1. The van der Waals surface area contributed by atoms with Crippen molar-refractivity contribution in [1.29, 1.82) is 0 Å².